The van der Waals surface area contributed by atoms with Crippen LogP contribution in [0.25, 0.3) is 11.4 Å². The number of aliphatic carboxylic acids is 1. The van der Waals surface area contributed by atoms with Crippen LogP contribution in [0.5, 0.6) is 0 Å². The van der Waals surface area contributed by atoms with Crippen molar-refractivity contribution < 1.29 is 15.0 Å². The molecule has 0 spiro atoms. The predicted octanol–water partition coefficient (Wildman–Crippen LogP) is 4.19. The molecule has 0 bridgehead atoms. The van der Waals surface area contributed by atoms with Crippen LogP contribution in [0.1, 0.15) is 36.8 Å². The number of nitrogens with zero attached hydrogens (tertiary/aromatic N) is 2. The summed E-state index contributed by atoms with van der Waals surface area (Å²) >= 11 is 1.60. The standard InChI is InChI=1S/C20H21N3O3S/c1-3-15-16(4-2)22-18(13-9-10-27-11-13)23-19(15)21-14-7-5-12(6-8-14)17(24)20(25)26/h5-11,17,24H,3-4H2,1-2H3,(H,25,26)(H,21,22,23). The van der Waals surface area contributed by atoms with Crippen LogP contribution in [0.4, 0.5) is 11.5 Å². The molecule has 6 nitrogen and oxygen atoms in total. The minimum absolute atomic E-state index is 0.333. The van der Waals surface area contributed by atoms with Gasteiger partial charge in [-0.3, -0.25) is 0 Å². The Balaban J connectivity index is 1.95. The van der Waals surface area contributed by atoms with Gasteiger partial charge in [-0.15, -0.1) is 0 Å². The molecule has 0 amide bonds. The van der Waals surface area contributed by atoms with Gasteiger partial charge in [-0.1, -0.05) is 26.0 Å². The summed E-state index contributed by atoms with van der Waals surface area (Å²) in [4.78, 5) is 20.3. The fraction of sp³-hybridized carbons (Fsp3) is 0.250. The van der Waals surface area contributed by atoms with E-state index < -0.39 is 12.1 Å². The molecule has 1 unspecified atom stereocenters. The zero-order chi connectivity index (χ0) is 19.4. The molecule has 3 aromatic rings. The predicted molar refractivity (Wildman–Crippen MR) is 106 cm³/mol. The highest BCUT2D eigenvalue weighted by molar-refractivity contribution is 7.08. The van der Waals surface area contributed by atoms with Gasteiger partial charge in [0.25, 0.3) is 0 Å². The smallest absolute Gasteiger partial charge is 0.337 e. The second-order valence-corrected chi connectivity index (χ2v) is 6.81. The van der Waals surface area contributed by atoms with E-state index in [-0.39, 0.29) is 0 Å². The fourth-order valence-corrected chi connectivity index (χ4v) is 3.48. The average molecular weight is 383 g/mol. The number of aryl methyl sites for hydroxylation is 1. The Morgan fingerprint density at radius 2 is 1.89 bits per heavy atom. The van der Waals surface area contributed by atoms with Gasteiger partial charge in [0.2, 0.25) is 0 Å². The van der Waals surface area contributed by atoms with Gasteiger partial charge in [0.1, 0.15) is 5.82 Å². The Labute approximate surface area is 161 Å². The maximum absolute atomic E-state index is 10.9. The maximum atomic E-state index is 10.9. The van der Waals surface area contributed by atoms with E-state index in [0.29, 0.717) is 11.4 Å². The molecule has 7 heteroatoms. The van der Waals surface area contributed by atoms with Crippen molar-refractivity contribution in [2.45, 2.75) is 32.8 Å². The van der Waals surface area contributed by atoms with E-state index in [1.807, 2.05) is 16.8 Å². The van der Waals surface area contributed by atoms with E-state index >= 15 is 0 Å². The minimum atomic E-state index is -1.53. The van der Waals surface area contributed by atoms with Gasteiger partial charge in [-0.25, -0.2) is 14.8 Å². The van der Waals surface area contributed by atoms with E-state index in [9.17, 15) is 9.90 Å². The normalized spacial score (nSPS) is 12.0. The molecule has 1 aromatic carbocycles. The van der Waals surface area contributed by atoms with Gasteiger partial charge in [-0.05, 0) is 42.0 Å². The number of thiophene rings is 1. The molecular weight excluding hydrogens is 362 g/mol. The molecule has 140 valence electrons. The maximum Gasteiger partial charge on any atom is 0.337 e. The fourth-order valence-electron chi connectivity index (χ4n) is 2.85. The number of carboxylic acid groups (broad SMARTS) is 1. The van der Waals surface area contributed by atoms with Crippen molar-refractivity contribution in [2.24, 2.45) is 0 Å². The van der Waals surface area contributed by atoms with Crippen molar-refractivity contribution in [3.63, 3.8) is 0 Å². The molecule has 0 fully saturated rings. The third-order valence-electron chi connectivity index (χ3n) is 4.28. The summed E-state index contributed by atoms with van der Waals surface area (Å²) in [5.74, 6) is 0.163. The van der Waals surface area contributed by atoms with Crippen molar-refractivity contribution >= 4 is 28.8 Å². The molecule has 3 N–H and O–H groups in total. The van der Waals surface area contributed by atoms with Crippen LogP contribution >= 0.6 is 11.3 Å². The first-order valence-corrected chi connectivity index (χ1v) is 9.68. The second kappa shape index (κ2) is 8.28. The van der Waals surface area contributed by atoms with Crippen LogP contribution in [0.2, 0.25) is 0 Å². The molecule has 2 aromatic heterocycles. The van der Waals surface area contributed by atoms with E-state index in [0.717, 1.165) is 41.2 Å². The first-order chi connectivity index (χ1) is 13.0. The van der Waals surface area contributed by atoms with Crippen molar-refractivity contribution in [3.05, 3.63) is 57.9 Å². The van der Waals surface area contributed by atoms with E-state index in [4.69, 9.17) is 15.1 Å². The Hall–Kier alpha value is -2.77. The summed E-state index contributed by atoms with van der Waals surface area (Å²) in [6.45, 7) is 4.14. The van der Waals surface area contributed by atoms with Gasteiger partial charge in [-0.2, -0.15) is 11.3 Å². The molecule has 2 heterocycles. The molecule has 0 aliphatic heterocycles. The van der Waals surface area contributed by atoms with Crippen LogP contribution in [0.15, 0.2) is 41.1 Å². The quantitative estimate of drug-likeness (QED) is 0.566. The van der Waals surface area contributed by atoms with Gasteiger partial charge in [0, 0.05) is 27.9 Å². The number of anilines is 2. The third kappa shape index (κ3) is 4.15. The number of nitrogens with one attached hydrogen (secondary N) is 1. The summed E-state index contributed by atoms with van der Waals surface area (Å²) in [5.41, 5.74) is 4.16. The second-order valence-electron chi connectivity index (χ2n) is 6.03. The molecule has 1 atom stereocenters. The highest BCUT2D eigenvalue weighted by Crippen LogP contribution is 2.28. The Kier molecular flexibility index (Phi) is 5.83. The molecule has 0 saturated heterocycles. The van der Waals surface area contributed by atoms with Crippen LogP contribution < -0.4 is 5.32 Å². The van der Waals surface area contributed by atoms with E-state index in [1.54, 1.807) is 35.6 Å². The number of carbonyl (C=O) groups is 1. The zero-order valence-electron chi connectivity index (χ0n) is 15.1. The van der Waals surface area contributed by atoms with Crippen molar-refractivity contribution in [3.8, 4) is 11.4 Å². The molecule has 3 rings (SSSR count). The number of hydrogen-bond donors (Lipinski definition) is 3. The van der Waals surface area contributed by atoms with Crippen LogP contribution in [0, 0.1) is 0 Å². The molecule has 0 aliphatic rings. The van der Waals surface area contributed by atoms with Gasteiger partial charge in [0.05, 0.1) is 0 Å². The number of aliphatic hydroxyl groups excluding tert-OH is 1. The van der Waals surface area contributed by atoms with Gasteiger partial charge < -0.3 is 15.5 Å². The highest BCUT2D eigenvalue weighted by Gasteiger charge is 2.16. The summed E-state index contributed by atoms with van der Waals surface area (Å²) in [7, 11) is 0. The topological polar surface area (TPSA) is 95.3 Å². The lowest BCUT2D eigenvalue weighted by molar-refractivity contribution is -0.146. The number of rotatable bonds is 7. The van der Waals surface area contributed by atoms with Crippen LogP contribution in [0.3, 0.4) is 0 Å². The monoisotopic (exact) mass is 383 g/mol. The average Bonchev–Trinajstić information content (AvgIpc) is 3.22. The van der Waals surface area contributed by atoms with Gasteiger partial charge >= 0.3 is 5.97 Å². The Morgan fingerprint density at radius 3 is 2.44 bits per heavy atom. The zero-order valence-corrected chi connectivity index (χ0v) is 16.0. The van der Waals surface area contributed by atoms with Crippen LogP contribution in [-0.4, -0.2) is 26.2 Å². The lowest BCUT2D eigenvalue weighted by Crippen LogP contribution is -2.10. The number of carboxylic acids is 1. The molecule has 0 radical (unpaired) electrons. The third-order valence-corrected chi connectivity index (χ3v) is 4.97. The lowest BCUT2D eigenvalue weighted by atomic mass is 10.1. The van der Waals surface area contributed by atoms with Crippen molar-refractivity contribution in [1.82, 2.24) is 9.97 Å². The number of aromatic nitrogens is 2. The summed E-state index contributed by atoms with van der Waals surface area (Å²) in [5, 5.41) is 25.9. The minimum Gasteiger partial charge on any atom is -0.479 e. The Bertz CT molecular complexity index is 924. The first-order valence-electron chi connectivity index (χ1n) is 8.73. The number of hydrogen-bond acceptors (Lipinski definition) is 6. The van der Waals surface area contributed by atoms with E-state index in [2.05, 4.69) is 19.2 Å². The summed E-state index contributed by atoms with van der Waals surface area (Å²) < 4.78 is 0. The lowest BCUT2D eigenvalue weighted by Gasteiger charge is -2.15. The number of benzene rings is 1. The highest BCUT2D eigenvalue weighted by atomic mass is 32.1. The summed E-state index contributed by atoms with van der Waals surface area (Å²) in [6.07, 6.45) is 0.0770. The van der Waals surface area contributed by atoms with Crippen molar-refractivity contribution in [2.75, 3.05) is 5.32 Å². The molecular formula is C20H21N3O3S. The molecule has 0 saturated carbocycles. The largest absolute Gasteiger partial charge is 0.479 e. The first kappa shape index (κ1) is 19.0. The van der Waals surface area contributed by atoms with Crippen LogP contribution in [-0.2, 0) is 17.6 Å². The van der Waals surface area contributed by atoms with E-state index in [1.165, 1.54) is 0 Å². The SMILES string of the molecule is CCc1nc(-c2ccsc2)nc(Nc2ccc(C(O)C(=O)O)cc2)c1CC. The van der Waals surface area contributed by atoms with Gasteiger partial charge in [0.15, 0.2) is 11.9 Å². The molecule has 0 aliphatic carbocycles. The Morgan fingerprint density at radius 1 is 1.15 bits per heavy atom. The summed E-state index contributed by atoms with van der Waals surface area (Å²) in [6, 6.07) is 8.65. The molecule has 27 heavy (non-hydrogen) atoms. The number of aliphatic hydroxyl groups is 1. The van der Waals surface area contributed by atoms with Crippen molar-refractivity contribution in [1.29, 1.82) is 0 Å².